The van der Waals surface area contributed by atoms with Gasteiger partial charge in [-0.3, -0.25) is 0 Å². The van der Waals surface area contributed by atoms with Gasteiger partial charge in [0.2, 0.25) is 0 Å². The Kier molecular flexibility index (Phi) is 9.92. The average molecular weight is 592 g/mol. The van der Waals surface area contributed by atoms with Crippen molar-refractivity contribution in [3.05, 3.63) is 77.4 Å². The summed E-state index contributed by atoms with van der Waals surface area (Å²) in [4.78, 5) is 0. The van der Waals surface area contributed by atoms with Gasteiger partial charge in [0.1, 0.15) is 0 Å². The van der Waals surface area contributed by atoms with Gasteiger partial charge in [-0.1, -0.05) is 0 Å². The van der Waals surface area contributed by atoms with Crippen LogP contribution in [0, 0.1) is 0 Å². The third kappa shape index (κ3) is 5.35. The van der Waals surface area contributed by atoms with Crippen LogP contribution in [0.4, 0.5) is 0 Å². The van der Waals surface area contributed by atoms with Crippen molar-refractivity contribution < 1.29 is 47.7 Å². The molecule has 0 aliphatic heterocycles. The van der Waals surface area contributed by atoms with Crippen molar-refractivity contribution in [3.63, 3.8) is 0 Å². The molecule has 3 heteroatoms. The van der Waals surface area contributed by atoms with E-state index in [9.17, 15) is 0 Å². The van der Waals surface area contributed by atoms with E-state index in [0.717, 1.165) is 0 Å². The van der Waals surface area contributed by atoms with Gasteiger partial charge in [0.15, 0.2) is 0 Å². The number of halogens is 2. The second-order valence-corrected chi connectivity index (χ2v) is 13.0. The Labute approximate surface area is 200 Å². The normalized spacial score (nSPS) is 18.6. The van der Waals surface area contributed by atoms with E-state index in [1.165, 1.54) is 49.7 Å². The van der Waals surface area contributed by atoms with E-state index in [1.54, 1.807) is 11.1 Å². The number of hydrogen-bond acceptors (Lipinski definition) is 0. The van der Waals surface area contributed by atoms with Crippen molar-refractivity contribution >= 4 is 12.2 Å². The molecule has 0 bridgehead atoms. The molecular formula is C26H30Cl2Hf. The summed E-state index contributed by atoms with van der Waals surface area (Å²) in [5.74, 6) is 1.42. The van der Waals surface area contributed by atoms with Gasteiger partial charge in [0, 0.05) is 0 Å². The molecule has 2 unspecified atom stereocenters. The molecule has 152 valence electrons. The van der Waals surface area contributed by atoms with Crippen LogP contribution in [0.3, 0.4) is 0 Å². The van der Waals surface area contributed by atoms with E-state index in [1.807, 2.05) is 6.66 Å². The molecule has 0 N–H and O–H groups in total. The average Bonchev–Trinajstić information content (AvgIpc) is 3.22. The summed E-state index contributed by atoms with van der Waals surface area (Å²) in [7, 11) is 0. The van der Waals surface area contributed by atoms with E-state index in [-0.39, 0.29) is 24.8 Å². The largest absolute Gasteiger partial charge is 1.00 e. The Hall–Kier alpha value is -0.630. The van der Waals surface area contributed by atoms with Gasteiger partial charge in [-0.15, -0.1) is 0 Å². The summed E-state index contributed by atoms with van der Waals surface area (Å²) < 4.78 is 3.68. The van der Waals surface area contributed by atoms with Crippen LogP contribution in [0.25, 0.3) is 12.2 Å². The molecule has 2 aromatic carbocycles. The zero-order valence-electron chi connectivity index (χ0n) is 17.4. The third-order valence-electron chi connectivity index (χ3n) is 6.10. The molecule has 0 aromatic heterocycles. The summed E-state index contributed by atoms with van der Waals surface area (Å²) in [6.07, 6.45) is 13.1. The second kappa shape index (κ2) is 11.7. The van der Waals surface area contributed by atoms with Crippen LogP contribution >= 0.6 is 0 Å². The number of rotatable bonds is 8. The predicted octanol–water partition coefficient (Wildman–Crippen LogP) is 1.73. The van der Waals surface area contributed by atoms with Crippen molar-refractivity contribution in [2.24, 2.45) is 0 Å². The Bertz CT molecular complexity index is 797. The van der Waals surface area contributed by atoms with Gasteiger partial charge in [0.25, 0.3) is 0 Å². The maximum atomic E-state index is 2.58. The first-order valence-electron chi connectivity index (χ1n) is 10.7. The maximum absolute atomic E-state index is 2.58. The minimum absolute atomic E-state index is 0. The molecule has 0 amide bonds. The fourth-order valence-corrected chi connectivity index (χ4v) is 10.9. The van der Waals surface area contributed by atoms with Crippen molar-refractivity contribution in [2.75, 3.05) is 0 Å². The molecule has 0 radical (unpaired) electrons. The van der Waals surface area contributed by atoms with Crippen LogP contribution in [-0.2, 0) is 22.9 Å². The number of benzene rings is 2. The van der Waals surface area contributed by atoms with Gasteiger partial charge in [0.05, 0.1) is 0 Å². The first kappa shape index (κ1) is 24.6. The van der Waals surface area contributed by atoms with Gasteiger partial charge in [-0.05, 0) is 0 Å². The van der Waals surface area contributed by atoms with Crippen molar-refractivity contribution in [3.8, 4) is 0 Å². The predicted molar refractivity (Wildman–Crippen MR) is 113 cm³/mol. The van der Waals surface area contributed by atoms with Crippen LogP contribution in [0.15, 0.2) is 55.2 Å². The van der Waals surface area contributed by atoms with Gasteiger partial charge in [-0.2, -0.15) is 0 Å². The van der Waals surface area contributed by atoms with Gasteiger partial charge >= 0.3 is 177 Å². The molecule has 2 atom stereocenters. The van der Waals surface area contributed by atoms with Crippen LogP contribution in [0.5, 0.6) is 0 Å². The molecule has 0 fully saturated rings. The standard InChI is InChI=1S/2C13H15.2ClH.Hf/c2*1-2-3-6-11-9-10-12-7-4-5-8-13(11)12;;;/h2*4-5,7-8,10-11H,2-3,6H2,1H3;2*1H;/q;;;;+2/p-2. The summed E-state index contributed by atoms with van der Waals surface area (Å²) in [6.45, 7) is 4.65. The third-order valence-corrected chi connectivity index (χ3v) is 11.7. The Morgan fingerprint density at radius 1 is 0.655 bits per heavy atom. The number of unbranched alkanes of at least 4 members (excludes halogenated alkanes) is 2. The zero-order valence-corrected chi connectivity index (χ0v) is 22.5. The van der Waals surface area contributed by atoms with Crippen LogP contribution < -0.4 is 24.8 Å². The SMILES string of the molecule is CCCCC1[C]([Hf+2][C]2=Cc3ccccc3C2CCCC)=Cc2ccccc21.[Cl-].[Cl-]. The number of hydrogen-bond donors (Lipinski definition) is 0. The molecule has 0 saturated heterocycles. The van der Waals surface area contributed by atoms with Crippen LogP contribution in [0.1, 0.15) is 86.5 Å². The molecule has 2 aliphatic rings. The van der Waals surface area contributed by atoms with Crippen LogP contribution in [-0.4, -0.2) is 0 Å². The minimum Gasteiger partial charge on any atom is -1.00 e. The summed E-state index contributed by atoms with van der Waals surface area (Å²) in [5, 5.41) is 0. The summed E-state index contributed by atoms with van der Waals surface area (Å²) in [5.41, 5.74) is 6.22. The van der Waals surface area contributed by atoms with Gasteiger partial charge in [-0.25, -0.2) is 0 Å². The van der Waals surface area contributed by atoms with E-state index in [0.29, 0.717) is 11.8 Å². The maximum Gasteiger partial charge on any atom is -1.00 e. The molecule has 0 spiro atoms. The number of allylic oxidation sites excluding steroid dienone is 2. The van der Waals surface area contributed by atoms with Crippen molar-refractivity contribution in [1.29, 1.82) is 0 Å². The quantitative estimate of drug-likeness (QED) is 0.411. The smallest absolute Gasteiger partial charge is 1.00 e. The van der Waals surface area contributed by atoms with Crippen LogP contribution in [0.2, 0.25) is 0 Å². The van der Waals surface area contributed by atoms with Crippen molar-refractivity contribution in [1.82, 2.24) is 0 Å². The van der Waals surface area contributed by atoms with Crippen molar-refractivity contribution in [2.45, 2.75) is 64.2 Å². The fourth-order valence-electron chi connectivity index (χ4n) is 4.64. The molecule has 29 heavy (non-hydrogen) atoms. The monoisotopic (exact) mass is 592 g/mol. The first-order valence-corrected chi connectivity index (χ1v) is 14.3. The van der Waals surface area contributed by atoms with E-state index >= 15 is 0 Å². The molecule has 2 aliphatic carbocycles. The van der Waals surface area contributed by atoms with E-state index in [2.05, 4.69) is 74.5 Å². The molecule has 2 aromatic rings. The topological polar surface area (TPSA) is 0 Å². The molecular weight excluding hydrogens is 562 g/mol. The summed E-state index contributed by atoms with van der Waals surface area (Å²) in [6, 6.07) is 18.3. The molecule has 0 nitrogen and oxygen atoms in total. The Balaban J connectivity index is 0.00000150. The summed E-state index contributed by atoms with van der Waals surface area (Å²) >= 11 is -1.01. The number of fused-ring (bicyclic) bond motifs is 2. The second-order valence-electron chi connectivity index (χ2n) is 7.97. The Morgan fingerprint density at radius 2 is 1.07 bits per heavy atom. The van der Waals surface area contributed by atoms with E-state index < -0.39 is 22.9 Å². The zero-order chi connectivity index (χ0) is 18.6. The minimum atomic E-state index is -1.01. The van der Waals surface area contributed by atoms with E-state index in [4.69, 9.17) is 0 Å². The Morgan fingerprint density at radius 3 is 1.48 bits per heavy atom. The molecule has 0 saturated carbocycles. The first-order chi connectivity index (χ1) is 13.3. The van der Waals surface area contributed by atoms with Gasteiger partial charge < -0.3 is 24.8 Å². The molecule has 4 rings (SSSR count). The fraction of sp³-hybridized carbons (Fsp3) is 0.385. The molecule has 0 heterocycles.